The molecule has 1 fully saturated rings. The fourth-order valence-electron chi connectivity index (χ4n) is 6.09. The predicted molar refractivity (Wildman–Crippen MR) is 124 cm³/mol. The van der Waals surface area contributed by atoms with E-state index in [0.717, 1.165) is 44.6 Å². The van der Waals surface area contributed by atoms with Gasteiger partial charge in [0.15, 0.2) is 5.78 Å². The quantitative estimate of drug-likeness (QED) is 0.643. The van der Waals surface area contributed by atoms with Crippen LogP contribution < -0.4 is 9.80 Å². The second kappa shape index (κ2) is 8.00. The van der Waals surface area contributed by atoms with E-state index in [1.807, 2.05) is 7.05 Å². The second-order valence-electron chi connectivity index (χ2n) is 9.38. The number of hydrogen-bond donors (Lipinski definition) is 0. The molecule has 2 aromatic carbocycles. The maximum atomic E-state index is 13.1. The summed E-state index contributed by atoms with van der Waals surface area (Å²) in [4.78, 5) is 31.8. The molecule has 2 atom stereocenters. The molecule has 0 bridgehead atoms. The van der Waals surface area contributed by atoms with E-state index in [1.54, 1.807) is 17.0 Å². The number of rotatable bonds is 6. The van der Waals surface area contributed by atoms with Crippen LogP contribution in [0.2, 0.25) is 0 Å². The Hall–Kier alpha value is -2.73. The molecule has 5 rings (SSSR count). The number of Topliss-reactive ketones (excluding diaryl/α,β-unsaturated/α-hetero) is 1. The number of likely N-dealkylation sites (tertiary alicyclic amines) is 1. The van der Waals surface area contributed by atoms with E-state index < -0.39 is 0 Å². The normalized spacial score (nSPS) is 24.5. The van der Waals surface area contributed by atoms with Gasteiger partial charge in [0.05, 0.1) is 17.9 Å². The molecule has 0 saturated carbocycles. The van der Waals surface area contributed by atoms with Crippen LogP contribution in [0.3, 0.4) is 0 Å². The van der Waals surface area contributed by atoms with E-state index in [1.165, 1.54) is 23.4 Å². The van der Waals surface area contributed by atoms with E-state index in [4.69, 9.17) is 0 Å². The number of ketones is 1. The smallest absolute Gasteiger partial charge is 0.246 e. The van der Waals surface area contributed by atoms with Crippen molar-refractivity contribution in [2.75, 3.05) is 43.0 Å². The van der Waals surface area contributed by atoms with Crippen LogP contribution in [0.1, 0.15) is 48.5 Å². The fraction of sp³-hybridized carbons (Fsp3) is 0.462. The largest absolute Gasteiger partial charge is 0.356 e. The van der Waals surface area contributed by atoms with Gasteiger partial charge < -0.3 is 14.7 Å². The summed E-state index contributed by atoms with van der Waals surface area (Å²) in [6.07, 6.45) is 3.30. The van der Waals surface area contributed by atoms with E-state index >= 15 is 0 Å². The number of piperidine rings is 1. The molecular weight excluding hydrogens is 405 g/mol. The molecule has 2 aromatic rings. The first-order valence-corrected chi connectivity index (χ1v) is 11.6. The number of amides is 1. The van der Waals surface area contributed by atoms with Gasteiger partial charge in [0.25, 0.3) is 0 Å². The highest BCUT2D eigenvalue weighted by molar-refractivity contribution is 6.04. The van der Waals surface area contributed by atoms with Gasteiger partial charge in [-0.15, -0.1) is 0 Å². The average Bonchev–Trinajstić information content (AvgIpc) is 3.08. The first-order chi connectivity index (χ1) is 15.4. The molecule has 3 aliphatic heterocycles. The molecule has 6 heteroatoms. The van der Waals surface area contributed by atoms with Crippen molar-refractivity contribution in [1.82, 2.24) is 4.90 Å². The highest BCUT2D eigenvalue weighted by atomic mass is 19.1. The molecule has 5 nitrogen and oxygen atoms in total. The van der Waals surface area contributed by atoms with E-state index in [0.29, 0.717) is 24.6 Å². The van der Waals surface area contributed by atoms with Crippen molar-refractivity contribution in [2.24, 2.45) is 0 Å². The number of nitrogens with zero attached hydrogens (tertiary/aromatic N) is 3. The van der Waals surface area contributed by atoms with E-state index in [-0.39, 0.29) is 22.9 Å². The standard InChI is InChI=1S/C26H30FN3O2/c1-3-26-17-29(14-5-8-22(31)18-9-11-19(27)12-10-18)15-13-23(26)30-16-24(32)28(2)21-7-4-6-20(26)25(21)30/h4,6-7,9-12,23H,3,5,8,13-17H2,1-2H3/t23-,26-/m1/s1. The van der Waals surface area contributed by atoms with Gasteiger partial charge in [0.2, 0.25) is 5.91 Å². The van der Waals surface area contributed by atoms with Gasteiger partial charge in [-0.2, -0.15) is 0 Å². The van der Waals surface area contributed by atoms with Crippen molar-refractivity contribution in [3.8, 4) is 0 Å². The molecule has 0 spiro atoms. The van der Waals surface area contributed by atoms with Gasteiger partial charge in [-0.05, 0) is 61.7 Å². The third-order valence-corrected chi connectivity index (χ3v) is 7.79. The molecule has 168 valence electrons. The zero-order valence-corrected chi connectivity index (χ0v) is 18.8. The lowest BCUT2D eigenvalue weighted by molar-refractivity contribution is -0.117. The third-order valence-electron chi connectivity index (χ3n) is 7.79. The van der Waals surface area contributed by atoms with Gasteiger partial charge >= 0.3 is 0 Å². The lowest BCUT2D eigenvalue weighted by Crippen LogP contribution is -2.58. The maximum Gasteiger partial charge on any atom is 0.246 e. The summed E-state index contributed by atoms with van der Waals surface area (Å²) in [6.45, 7) is 5.51. The molecule has 3 aliphatic rings. The summed E-state index contributed by atoms with van der Waals surface area (Å²) in [5.41, 5.74) is 4.23. The van der Waals surface area contributed by atoms with Crippen LogP contribution in [0.15, 0.2) is 42.5 Å². The molecule has 0 N–H and O–H groups in total. The van der Waals surface area contributed by atoms with Crippen molar-refractivity contribution >= 4 is 23.1 Å². The van der Waals surface area contributed by atoms with Crippen molar-refractivity contribution in [1.29, 1.82) is 0 Å². The van der Waals surface area contributed by atoms with Gasteiger partial charge in [0.1, 0.15) is 5.82 Å². The van der Waals surface area contributed by atoms with Crippen LogP contribution in [-0.4, -0.2) is 55.9 Å². The zero-order valence-electron chi connectivity index (χ0n) is 18.8. The summed E-state index contributed by atoms with van der Waals surface area (Å²) in [5, 5.41) is 0. The summed E-state index contributed by atoms with van der Waals surface area (Å²) < 4.78 is 13.1. The predicted octanol–water partition coefficient (Wildman–Crippen LogP) is 4.01. The SMILES string of the molecule is CC[C@]12CN(CCCC(=O)c3ccc(F)cc3)CC[C@H]1N1CC(=O)N(C)c3cccc2c31. The molecule has 0 unspecified atom stereocenters. The molecule has 1 saturated heterocycles. The first-order valence-electron chi connectivity index (χ1n) is 11.6. The molecular formula is C26H30FN3O2. The number of anilines is 2. The maximum absolute atomic E-state index is 13.1. The van der Waals surface area contributed by atoms with E-state index in [2.05, 4.69) is 34.9 Å². The molecule has 0 aliphatic carbocycles. The van der Waals surface area contributed by atoms with Gasteiger partial charge in [0, 0.05) is 43.6 Å². The zero-order chi connectivity index (χ0) is 22.5. The summed E-state index contributed by atoms with van der Waals surface area (Å²) in [5.74, 6) is -0.0944. The lowest BCUT2D eigenvalue weighted by Gasteiger charge is -2.47. The first kappa shape index (κ1) is 21.1. The van der Waals surface area contributed by atoms with Crippen LogP contribution in [0, 0.1) is 5.82 Å². The van der Waals surface area contributed by atoms with Gasteiger partial charge in [-0.1, -0.05) is 19.1 Å². The summed E-state index contributed by atoms with van der Waals surface area (Å²) in [7, 11) is 1.88. The van der Waals surface area contributed by atoms with Crippen molar-refractivity contribution in [3.63, 3.8) is 0 Å². The Kier molecular flexibility index (Phi) is 5.28. The Morgan fingerprint density at radius 1 is 1.19 bits per heavy atom. The Morgan fingerprint density at radius 2 is 1.97 bits per heavy atom. The molecule has 0 aromatic heterocycles. The Labute approximate surface area is 188 Å². The lowest BCUT2D eigenvalue weighted by atomic mass is 9.70. The number of fused-ring (bicyclic) bond motifs is 3. The number of halogens is 1. The summed E-state index contributed by atoms with van der Waals surface area (Å²) in [6, 6.07) is 12.6. The van der Waals surface area contributed by atoms with E-state index in [9.17, 15) is 14.0 Å². The number of carbonyl (C=O) groups is 2. The van der Waals surface area contributed by atoms with Crippen LogP contribution in [-0.2, 0) is 10.2 Å². The second-order valence-corrected chi connectivity index (χ2v) is 9.38. The minimum Gasteiger partial charge on any atom is -0.356 e. The van der Waals surface area contributed by atoms with Crippen LogP contribution in [0.25, 0.3) is 0 Å². The average molecular weight is 436 g/mol. The third kappa shape index (κ3) is 3.24. The highest BCUT2D eigenvalue weighted by Crippen LogP contribution is 2.55. The van der Waals surface area contributed by atoms with Crippen LogP contribution >= 0.6 is 0 Å². The minimum atomic E-state index is -0.319. The number of hydrogen-bond acceptors (Lipinski definition) is 4. The number of para-hydroxylation sites is 1. The van der Waals surface area contributed by atoms with Crippen molar-refractivity contribution in [2.45, 2.75) is 44.1 Å². The fourth-order valence-corrected chi connectivity index (χ4v) is 6.09. The van der Waals surface area contributed by atoms with Crippen LogP contribution in [0.5, 0.6) is 0 Å². The number of benzene rings is 2. The van der Waals surface area contributed by atoms with Crippen molar-refractivity contribution < 1.29 is 14.0 Å². The summed E-state index contributed by atoms with van der Waals surface area (Å²) >= 11 is 0. The number of likely N-dealkylation sites (N-methyl/N-ethyl adjacent to an activating group) is 1. The Balaban J connectivity index is 1.31. The monoisotopic (exact) mass is 435 g/mol. The van der Waals surface area contributed by atoms with Crippen LogP contribution in [0.4, 0.5) is 15.8 Å². The Morgan fingerprint density at radius 3 is 2.72 bits per heavy atom. The number of carbonyl (C=O) groups excluding carboxylic acids is 2. The Bertz CT molecular complexity index is 1050. The molecule has 32 heavy (non-hydrogen) atoms. The van der Waals surface area contributed by atoms with Crippen molar-refractivity contribution in [3.05, 3.63) is 59.4 Å². The van der Waals surface area contributed by atoms with Gasteiger partial charge in [-0.3, -0.25) is 9.59 Å². The highest BCUT2D eigenvalue weighted by Gasteiger charge is 2.55. The van der Waals surface area contributed by atoms with Gasteiger partial charge in [-0.25, -0.2) is 4.39 Å². The topological polar surface area (TPSA) is 43.9 Å². The molecule has 1 amide bonds. The molecule has 0 radical (unpaired) electrons. The molecule has 3 heterocycles. The minimum absolute atomic E-state index is 0.00994.